The van der Waals surface area contributed by atoms with Crippen LogP contribution in [0.15, 0.2) is 12.1 Å². The molecule has 0 fully saturated rings. The molecule has 5 nitrogen and oxygen atoms in total. The third-order valence-corrected chi connectivity index (χ3v) is 7.17. The molecular weight excluding hydrogens is 348 g/mol. The average molecular weight is 381 g/mol. The Balaban J connectivity index is 1.80. The van der Waals surface area contributed by atoms with Gasteiger partial charge in [0.15, 0.2) is 0 Å². The number of hydrogen-bond acceptors (Lipinski definition) is 3. The summed E-state index contributed by atoms with van der Waals surface area (Å²) in [5.74, 6) is 0.000282. The van der Waals surface area contributed by atoms with Gasteiger partial charge in [0.25, 0.3) is 0 Å². The smallest absolute Gasteiger partial charge is 0.224 e. The normalized spacial score (nSPS) is 14.8. The maximum absolute atomic E-state index is 12.3. The first kappa shape index (κ1) is 20.9. The van der Waals surface area contributed by atoms with Crippen LogP contribution in [-0.4, -0.2) is 25.6 Å². The van der Waals surface area contributed by atoms with Crippen molar-refractivity contribution < 1.29 is 13.2 Å². The standard InChI is InChI=1S/C20H32N2O3S/c1-15-12-13-18(17-10-6-5-9-16(15)17)22-19(23)11-7-8-14-21-26(24,25)20(2,3)4/h12-13,21H,5-11,14H2,1-4H3,(H,22,23). The fraction of sp³-hybridized carbons (Fsp3) is 0.650. The van der Waals surface area contributed by atoms with Crippen molar-refractivity contribution in [1.82, 2.24) is 4.72 Å². The number of hydrogen-bond donors (Lipinski definition) is 2. The number of benzene rings is 1. The van der Waals surface area contributed by atoms with E-state index in [1.807, 2.05) is 6.07 Å². The summed E-state index contributed by atoms with van der Waals surface area (Å²) < 4.78 is 25.7. The lowest BCUT2D eigenvalue weighted by atomic mass is 9.87. The van der Waals surface area contributed by atoms with Crippen LogP contribution in [0, 0.1) is 6.92 Å². The van der Waals surface area contributed by atoms with Crippen molar-refractivity contribution >= 4 is 21.6 Å². The molecule has 0 saturated heterocycles. The molecule has 26 heavy (non-hydrogen) atoms. The minimum Gasteiger partial charge on any atom is -0.326 e. The number of aryl methyl sites for hydroxylation is 1. The van der Waals surface area contributed by atoms with E-state index in [1.165, 1.54) is 29.5 Å². The molecule has 1 aromatic carbocycles. The second kappa shape index (κ2) is 8.53. The van der Waals surface area contributed by atoms with Crippen molar-refractivity contribution in [3.63, 3.8) is 0 Å². The molecular formula is C20H32N2O3S. The molecule has 1 amide bonds. The molecule has 0 heterocycles. The van der Waals surface area contributed by atoms with Crippen molar-refractivity contribution in [2.45, 2.75) is 77.4 Å². The Labute approximate surface area is 158 Å². The average Bonchev–Trinajstić information content (AvgIpc) is 2.56. The van der Waals surface area contributed by atoms with E-state index in [-0.39, 0.29) is 5.91 Å². The predicted molar refractivity (Wildman–Crippen MR) is 107 cm³/mol. The number of nitrogens with one attached hydrogen (secondary N) is 2. The highest BCUT2D eigenvalue weighted by atomic mass is 32.2. The first-order valence-corrected chi connectivity index (χ1v) is 11.0. The van der Waals surface area contributed by atoms with Crippen LogP contribution in [0.25, 0.3) is 0 Å². The summed E-state index contributed by atoms with van der Waals surface area (Å²) in [5.41, 5.74) is 4.95. The van der Waals surface area contributed by atoms with E-state index in [0.717, 1.165) is 18.5 Å². The summed E-state index contributed by atoms with van der Waals surface area (Å²) in [6.07, 6.45) is 6.23. The fourth-order valence-corrected chi connectivity index (χ4v) is 4.06. The highest BCUT2D eigenvalue weighted by molar-refractivity contribution is 7.90. The van der Waals surface area contributed by atoms with Crippen LogP contribution in [0.3, 0.4) is 0 Å². The maximum atomic E-state index is 12.3. The van der Waals surface area contributed by atoms with Gasteiger partial charge in [0.05, 0.1) is 4.75 Å². The molecule has 1 aromatic rings. The monoisotopic (exact) mass is 380 g/mol. The quantitative estimate of drug-likeness (QED) is 0.708. The Kier molecular flexibility index (Phi) is 6.86. The third-order valence-electron chi connectivity index (χ3n) is 4.97. The van der Waals surface area contributed by atoms with Crippen LogP contribution >= 0.6 is 0 Å². The van der Waals surface area contributed by atoms with Crippen LogP contribution < -0.4 is 10.0 Å². The van der Waals surface area contributed by atoms with Crippen molar-refractivity contribution in [2.75, 3.05) is 11.9 Å². The second-order valence-electron chi connectivity index (χ2n) is 8.11. The van der Waals surface area contributed by atoms with Crippen molar-refractivity contribution in [1.29, 1.82) is 0 Å². The molecule has 0 spiro atoms. The SMILES string of the molecule is Cc1ccc(NC(=O)CCCCNS(=O)(=O)C(C)(C)C)c2c1CCCC2. The zero-order valence-corrected chi connectivity index (χ0v) is 17.3. The Morgan fingerprint density at radius 1 is 1.08 bits per heavy atom. The zero-order valence-electron chi connectivity index (χ0n) is 16.4. The number of sulfonamides is 1. The summed E-state index contributed by atoms with van der Waals surface area (Å²) in [7, 11) is -3.31. The van der Waals surface area contributed by atoms with Gasteiger partial charge in [-0.15, -0.1) is 0 Å². The molecule has 0 radical (unpaired) electrons. The summed E-state index contributed by atoms with van der Waals surface area (Å²) >= 11 is 0. The zero-order chi connectivity index (χ0) is 19.4. The topological polar surface area (TPSA) is 75.3 Å². The number of rotatable bonds is 7. The summed E-state index contributed by atoms with van der Waals surface area (Å²) in [4.78, 5) is 12.3. The number of carbonyl (C=O) groups excluding carboxylic acids is 1. The van der Waals surface area contributed by atoms with Gasteiger partial charge in [-0.3, -0.25) is 4.79 Å². The Bertz CT molecular complexity index is 749. The highest BCUT2D eigenvalue weighted by Gasteiger charge is 2.28. The largest absolute Gasteiger partial charge is 0.326 e. The number of fused-ring (bicyclic) bond motifs is 1. The molecule has 0 aromatic heterocycles. The molecule has 146 valence electrons. The van der Waals surface area contributed by atoms with Gasteiger partial charge >= 0.3 is 0 Å². The molecule has 0 unspecified atom stereocenters. The lowest BCUT2D eigenvalue weighted by molar-refractivity contribution is -0.116. The second-order valence-corrected chi connectivity index (χ2v) is 10.6. The van der Waals surface area contributed by atoms with Crippen molar-refractivity contribution in [2.24, 2.45) is 0 Å². The predicted octanol–water partition coefficient (Wildman–Crippen LogP) is 3.70. The third kappa shape index (κ3) is 5.30. The van der Waals surface area contributed by atoms with E-state index in [1.54, 1.807) is 20.8 Å². The van der Waals surface area contributed by atoms with E-state index < -0.39 is 14.8 Å². The fourth-order valence-electron chi connectivity index (χ4n) is 3.21. The number of anilines is 1. The Morgan fingerprint density at radius 2 is 1.73 bits per heavy atom. The van der Waals surface area contributed by atoms with Crippen molar-refractivity contribution in [3.8, 4) is 0 Å². The number of unbranched alkanes of at least 4 members (excludes halogenated alkanes) is 1. The molecule has 0 aliphatic heterocycles. The van der Waals surface area contributed by atoms with Crippen LogP contribution in [0.4, 0.5) is 5.69 Å². The number of amides is 1. The molecule has 6 heteroatoms. The molecule has 1 aliphatic carbocycles. The molecule has 1 aliphatic rings. The first-order valence-electron chi connectivity index (χ1n) is 9.52. The first-order chi connectivity index (χ1) is 12.1. The van der Waals surface area contributed by atoms with Gasteiger partial charge in [0, 0.05) is 18.7 Å². The van der Waals surface area contributed by atoms with Gasteiger partial charge in [0.1, 0.15) is 0 Å². The van der Waals surface area contributed by atoms with Gasteiger partial charge in [-0.1, -0.05) is 6.07 Å². The maximum Gasteiger partial charge on any atom is 0.224 e. The molecule has 2 rings (SSSR count). The number of carbonyl (C=O) groups is 1. The van der Waals surface area contributed by atoms with Gasteiger partial charge in [-0.25, -0.2) is 13.1 Å². The van der Waals surface area contributed by atoms with Gasteiger partial charge < -0.3 is 5.32 Å². The van der Waals surface area contributed by atoms with Crippen LogP contribution in [0.1, 0.15) is 69.6 Å². The Morgan fingerprint density at radius 3 is 2.38 bits per heavy atom. The van der Waals surface area contributed by atoms with Gasteiger partial charge in [0.2, 0.25) is 15.9 Å². The van der Waals surface area contributed by atoms with E-state index in [2.05, 4.69) is 23.0 Å². The van der Waals surface area contributed by atoms with Crippen molar-refractivity contribution in [3.05, 3.63) is 28.8 Å². The van der Waals surface area contributed by atoms with Gasteiger partial charge in [-0.2, -0.15) is 0 Å². The lowest BCUT2D eigenvalue weighted by Crippen LogP contribution is -2.39. The molecule has 0 bridgehead atoms. The summed E-state index contributed by atoms with van der Waals surface area (Å²) in [6.45, 7) is 7.52. The molecule has 0 saturated carbocycles. The molecule has 0 atom stereocenters. The van der Waals surface area contributed by atoms with E-state index >= 15 is 0 Å². The van der Waals surface area contributed by atoms with E-state index in [0.29, 0.717) is 25.8 Å². The van der Waals surface area contributed by atoms with Crippen LogP contribution in [-0.2, 0) is 27.7 Å². The summed E-state index contributed by atoms with van der Waals surface area (Å²) in [5, 5.41) is 3.05. The van der Waals surface area contributed by atoms with Crippen LogP contribution in [0.2, 0.25) is 0 Å². The van der Waals surface area contributed by atoms with Gasteiger partial charge in [-0.05, 0) is 89.0 Å². The lowest BCUT2D eigenvalue weighted by Gasteiger charge is -2.22. The Hall–Kier alpha value is -1.40. The minimum absolute atomic E-state index is 0.000282. The van der Waals surface area contributed by atoms with Crippen LogP contribution in [0.5, 0.6) is 0 Å². The molecule has 2 N–H and O–H groups in total. The summed E-state index contributed by atoms with van der Waals surface area (Å²) in [6, 6.07) is 4.09. The van der Waals surface area contributed by atoms with E-state index in [9.17, 15) is 13.2 Å². The minimum atomic E-state index is -3.31. The highest BCUT2D eigenvalue weighted by Crippen LogP contribution is 2.30. The van der Waals surface area contributed by atoms with E-state index in [4.69, 9.17) is 0 Å².